The monoisotopic (exact) mass is 362 g/mol. The van der Waals surface area contributed by atoms with Crippen molar-refractivity contribution in [2.24, 2.45) is 5.92 Å². The second kappa shape index (κ2) is 7.65. The molecular weight excluding hydrogens is 344 g/mol. The number of hydrogen-bond donors (Lipinski definition) is 0. The van der Waals surface area contributed by atoms with Gasteiger partial charge in [0.2, 0.25) is 0 Å². The van der Waals surface area contributed by atoms with Gasteiger partial charge < -0.3 is 4.74 Å². The van der Waals surface area contributed by atoms with E-state index in [0.29, 0.717) is 18.5 Å². The molecule has 0 aromatic carbocycles. The van der Waals surface area contributed by atoms with Gasteiger partial charge in [-0.3, -0.25) is 9.88 Å². The number of hydrogen-bond acceptors (Lipinski definition) is 5. The highest BCUT2D eigenvalue weighted by Gasteiger charge is 2.21. The van der Waals surface area contributed by atoms with Crippen molar-refractivity contribution in [3.63, 3.8) is 0 Å². The average Bonchev–Trinajstić information content (AvgIpc) is 2.56. The Balaban J connectivity index is 1.49. The second-order valence-corrected chi connectivity index (χ2v) is 6.47. The summed E-state index contributed by atoms with van der Waals surface area (Å²) in [5.41, 5.74) is 1.13. The summed E-state index contributed by atoms with van der Waals surface area (Å²) in [6, 6.07) is 6.52. The van der Waals surface area contributed by atoms with Crippen molar-refractivity contribution in [1.29, 1.82) is 0 Å². The molecule has 22 heavy (non-hydrogen) atoms. The molecule has 0 spiro atoms. The van der Waals surface area contributed by atoms with Crippen LogP contribution in [0.1, 0.15) is 18.5 Å². The van der Waals surface area contributed by atoms with E-state index in [2.05, 4.69) is 41.8 Å². The number of rotatable bonds is 5. The third-order valence-corrected chi connectivity index (χ3v) is 4.17. The summed E-state index contributed by atoms with van der Waals surface area (Å²) in [6.45, 7) is 3.74. The van der Waals surface area contributed by atoms with E-state index in [1.54, 1.807) is 12.4 Å². The van der Waals surface area contributed by atoms with Gasteiger partial charge in [-0.25, -0.2) is 9.97 Å². The van der Waals surface area contributed by atoms with Crippen LogP contribution in [0.15, 0.2) is 41.3 Å². The molecule has 0 N–H and O–H groups in total. The number of nitrogens with zero attached hydrogens (tertiary/aromatic N) is 4. The summed E-state index contributed by atoms with van der Waals surface area (Å²) in [4.78, 5) is 15.1. The molecule has 3 rings (SSSR count). The molecule has 6 heteroatoms. The van der Waals surface area contributed by atoms with Gasteiger partial charge in [-0.2, -0.15) is 0 Å². The SMILES string of the molecule is Brc1cnc(OCC2CCCN(Cc3ccccn3)C2)nc1. The lowest BCUT2D eigenvalue weighted by Crippen LogP contribution is -2.37. The minimum atomic E-state index is 0.449. The number of pyridine rings is 1. The maximum Gasteiger partial charge on any atom is 0.316 e. The van der Waals surface area contributed by atoms with Crippen molar-refractivity contribution in [3.8, 4) is 6.01 Å². The third kappa shape index (κ3) is 4.48. The number of aromatic nitrogens is 3. The first-order chi connectivity index (χ1) is 10.8. The molecule has 1 fully saturated rings. The van der Waals surface area contributed by atoms with Crippen molar-refractivity contribution in [1.82, 2.24) is 19.9 Å². The van der Waals surface area contributed by atoms with Crippen molar-refractivity contribution < 1.29 is 4.74 Å². The van der Waals surface area contributed by atoms with Gasteiger partial charge in [-0.05, 0) is 47.4 Å². The van der Waals surface area contributed by atoms with Crippen LogP contribution in [0.3, 0.4) is 0 Å². The van der Waals surface area contributed by atoms with Gasteiger partial charge in [0, 0.05) is 37.6 Å². The molecule has 1 unspecified atom stereocenters. The lowest BCUT2D eigenvalue weighted by molar-refractivity contribution is 0.120. The number of piperidine rings is 1. The Morgan fingerprint density at radius 1 is 1.23 bits per heavy atom. The van der Waals surface area contributed by atoms with Crippen LogP contribution in [0.25, 0.3) is 0 Å². The number of halogens is 1. The molecule has 1 aliphatic heterocycles. The fraction of sp³-hybridized carbons (Fsp3) is 0.438. The molecule has 0 radical (unpaired) electrons. The van der Waals surface area contributed by atoms with Gasteiger partial charge in [-0.1, -0.05) is 6.07 Å². The van der Waals surface area contributed by atoms with Crippen LogP contribution < -0.4 is 4.74 Å². The summed E-state index contributed by atoms with van der Waals surface area (Å²) >= 11 is 3.32. The topological polar surface area (TPSA) is 51.1 Å². The van der Waals surface area contributed by atoms with Crippen molar-refractivity contribution in [3.05, 3.63) is 47.0 Å². The zero-order valence-electron chi connectivity index (χ0n) is 12.4. The van der Waals surface area contributed by atoms with Crippen LogP contribution in [-0.2, 0) is 6.54 Å². The molecule has 116 valence electrons. The highest BCUT2D eigenvalue weighted by Crippen LogP contribution is 2.19. The molecule has 1 saturated heterocycles. The molecule has 0 aliphatic carbocycles. The molecule has 5 nitrogen and oxygen atoms in total. The molecule has 1 atom stereocenters. The van der Waals surface area contributed by atoms with Gasteiger partial charge >= 0.3 is 6.01 Å². The van der Waals surface area contributed by atoms with Crippen molar-refractivity contribution in [2.45, 2.75) is 19.4 Å². The standard InChI is InChI=1S/C16H19BrN4O/c17-14-8-19-16(20-9-14)22-12-13-4-3-7-21(10-13)11-15-5-1-2-6-18-15/h1-2,5-6,8-9,13H,3-4,7,10-12H2. The number of likely N-dealkylation sites (tertiary alicyclic amines) is 1. The molecule has 0 amide bonds. The predicted molar refractivity (Wildman–Crippen MR) is 87.5 cm³/mol. The smallest absolute Gasteiger partial charge is 0.316 e. The van der Waals surface area contributed by atoms with Crippen LogP contribution >= 0.6 is 15.9 Å². The van der Waals surface area contributed by atoms with E-state index in [9.17, 15) is 0 Å². The molecule has 1 aliphatic rings. The van der Waals surface area contributed by atoms with Gasteiger partial charge in [0.1, 0.15) is 0 Å². The molecule has 0 saturated carbocycles. The normalized spacial score (nSPS) is 19.0. The zero-order valence-corrected chi connectivity index (χ0v) is 13.9. The fourth-order valence-electron chi connectivity index (χ4n) is 2.72. The molecule has 2 aromatic heterocycles. The summed E-state index contributed by atoms with van der Waals surface area (Å²) < 4.78 is 6.57. The summed E-state index contributed by atoms with van der Waals surface area (Å²) in [6.07, 6.45) is 7.65. The summed E-state index contributed by atoms with van der Waals surface area (Å²) in [7, 11) is 0. The summed E-state index contributed by atoms with van der Waals surface area (Å²) in [5.74, 6) is 0.518. The van der Waals surface area contributed by atoms with E-state index in [-0.39, 0.29) is 0 Å². The third-order valence-electron chi connectivity index (χ3n) is 3.76. The molecule has 2 aromatic rings. The molecular formula is C16H19BrN4O. The Morgan fingerprint density at radius 2 is 2.09 bits per heavy atom. The van der Waals surface area contributed by atoms with Gasteiger partial charge in [-0.15, -0.1) is 0 Å². The predicted octanol–water partition coefficient (Wildman–Crippen LogP) is 2.93. The quantitative estimate of drug-likeness (QED) is 0.818. The highest BCUT2D eigenvalue weighted by molar-refractivity contribution is 9.10. The fourth-order valence-corrected chi connectivity index (χ4v) is 2.92. The Morgan fingerprint density at radius 3 is 2.86 bits per heavy atom. The Hall–Kier alpha value is -1.53. The van der Waals surface area contributed by atoms with Gasteiger partial charge in [0.25, 0.3) is 0 Å². The minimum Gasteiger partial charge on any atom is -0.463 e. The first kappa shape index (κ1) is 15.4. The van der Waals surface area contributed by atoms with E-state index in [4.69, 9.17) is 4.74 Å². The molecule has 3 heterocycles. The van der Waals surface area contributed by atoms with E-state index in [1.807, 2.05) is 18.3 Å². The van der Waals surface area contributed by atoms with E-state index < -0.39 is 0 Å². The zero-order chi connectivity index (χ0) is 15.2. The maximum atomic E-state index is 5.71. The van der Waals surface area contributed by atoms with Crippen LogP contribution in [0.4, 0.5) is 0 Å². The first-order valence-electron chi connectivity index (χ1n) is 7.52. The van der Waals surface area contributed by atoms with E-state index in [1.165, 1.54) is 12.8 Å². The first-order valence-corrected chi connectivity index (χ1v) is 8.31. The lowest BCUT2D eigenvalue weighted by Gasteiger charge is -2.32. The van der Waals surface area contributed by atoms with E-state index in [0.717, 1.165) is 29.8 Å². The average molecular weight is 363 g/mol. The Bertz CT molecular complexity index is 578. The van der Waals surface area contributed by atoms with Crippen LogP contribution in [0, 0.1) is 5.92 Å². The van der Waals surface area contributed by atoms with Crippen LogP contribution in [0.2, 0.25) is 0 Å². The van der Waals surface area contributed by atoms with Gasteiger partial charge in [0.05, 0.1) is 16.8 Å². The Kier molecular flexibility index (Phi) is 5.34. The molecule has 0 bridgehead atoms. The number of ether oxygens (including phenoxy) is 1. The van der Waals surface area contributed by atoms with Crippen molar-refractivity contribution in [2.75, 3.05) is 19.7 Å². The maximum absolute atomic E-state index is 5.71. The highest BCUT2D eigenvalue weighted by atomic mass is 79.9. The summed E-state index contributed by atoms with van der Waals surface area (Å²) in [5, 5.41) is 0. The largest absolute Gasteiger partial charge is 0.463 e. The van der Waals surface area contributed by atoms with Crippen LogP contribution in [-0.4, -0.2) is 39.5 Å². The van der Waals surface area contributed by atoms with Gasteiger partial charge in [0.15, 0.2) is 0 Å². The Labute approximate surface area is 138 Å². The van der Waals surface area contributed by atoms with Crippen LogP contribution in [0.5, 0.6) is 6.01 Å². The van der Waals surface area contributed by atoms with E-state index >= 15 is 0 Å². The second-order valence-electron chi connectivity index (χ2n) is 5.56. The minimum absolute atomic E-state index is 0.449. The lowest BCUT2D eigenvalue weighted by atomic mass is 9.99. The van der Waals surface area contributed by atoms with Crippen molar-refractivity contribution >= 4 is 15.9 Å².